The van der Waals surface area contributed by atoms with Crippen LogP contribution in [0, 0.1) is 13.8 Å². The van der Waals surface area contributed by atoms with Crippen molar-refractivity contribution in [3.63, 3.8) is 0 Å². The lowest BCUT2D eigenvalue weighted by atomic mass is 10.2. The Balaban J connectivity index is 2.20. The summed E-state index contributed by atoms with van der Waals surface area (Å²) >= 11 is 0. The fraction of sp³-hybridized carbons (Fsp3) is 0.182. The second-order valence-corrected chi connectivity index (χ2v) is 3.63. The molecule has 0 unspecified atom stereocenters. The maximum absolute atomic E-state index is 11.9. The molecule has 0 aliphatic heterocycles. The van der Waals surface area contributed by atoms with E-state index in [9.17, 15) is 4.79 Å². The number of anilines is 2. The number of rotatable bonds is 2. The van der Waals surface area contributed by atoms with Crippen molar-refractivity contribution in [3.8, 4) is 0 Å². The molecule has 0 atom stereocenters. The molecular formula is C11H12N4O2. The van der Waals surface area contributed by atoms with Crippen molar-refractivity contribution >= 4 is 17.4 Å². The Kier molecular flexibility index (Phi) is 2.78. The summed E-state index contributed by atoms with van der Waals surface area (Å²) in [6.45, 7) is 3.41. The minimum Gasteiger partial charge on any atom is -0.384 e. The molecule has 2 heterocycles. The van der Waals surface area contributed by atoms with Crippen molar-refractivity contribution in [2.45, 2.75) is 13.8 Å². The van der Waals surface area contributed by atoms with E-state index in [1.54, 1.807) is 26.0 Å². The third kappa shape index (κ3) is 2.25. The monoisotopic (exact) mass is 232 g/mol. The van der Waals surface area contributed by atoms with Crippen LogP contribution in [-0.4, -0.2) is 16.0 Å². The van der Waals surface area contributed by atoms with Crippen molar-refractivity contribution in [1.82, 2.24) is 10.1 Å². The van der Waals surface area contributed by atoms with E-state index in [1.807, 2.05) is 0 Å². The van der Waals surface area contributed by atoms with Crippen LogP contribution in [0.1, 0.15) is 21.8 Å². The van der Waals surface area contributed by atoms with Crippen molar-refractivity contribution in [2.24, 2.45) is 0 Å². The Hall–Kier alpha value is -2.37. The largest absolute Gasteiger partial charge is 0.384 e. The van der Waals surface area contributed by atoms with Gasteiger partial charge in [0.15, 0.2) is 0 Å². The van der Waals surface area contributed by atoms with Gasteiger partial charge >= 0.3 is 0 Å². The van der Waals surface area contributed by atoms with E-state index in [0.717, 1.165) is 0 Å². The number of hydrogen-bond donors (Lipinski definition) is 2. The van der Waals surface area contributed by atoms with Crippen LogP contribution in [0.3, 0.4) is 0 Å². The maximum atomic E-state index is 11.9. The Morgan fingerprint density at radius 1 is 1.41 bits per heavy atom. The van der Waals surface area contributed by atoms with Gasteiger partial charge in [-0.15, -0.1) is 0 Å². The molecule has 88 valence electrons. The van der Waals surface area contributed by atoms with E-state index in [1.165, 1.54) is 6.20 Å². The predicted molar refractivity (Wildman–Crippen MR) is 62.6 cm³/mol. The first-order valence-electron chi connectivity index (χ1n) is 5.03. The smallest absolute Gasteiger partial charge is 0.261 e. The van der Waals surface area contributed by atoms with E-state index >= 15 is 0 Å². The van der Waals surface area contributed by atoms with E-state index in [4.69, 9.17) is 10.3 Å². The Labute approximate surface area is 97.8 Å². The Morgan fingerprint density at radius 2 is 2.18 bits per heavy atom. The number of nitrogens with one attached hydrogen (secondary N) is 1. The molecule has 6 nitrogen and oxygen atoms in total. The third-order valence-electron chi connectivity index (χ3n) is 2.30. The summed E-state index contributed by atoms with van der Waals surface area (Å²) in [5, 5.41) is 6.42. The molecule has 2 aromatic heterocycles. The standard InChI is InChI=1S/C11H12N4O2/c1-6-10(7(2)17-15-6)11(16)14-8-3-4-9(12)13-5-8/h3-5H,1-2H3,(H2,12,13)(H,14,16). The molecule has 0 aliphatic carbocycles. The molecule has 0 aliphatic rings. The molecule has 0 radical (unpaired) electrons. The van der Waals surface area contributed by atoms with Gasteiger partial charge < -0.3 is 15.6 Å². The zero-order chi connectivity index (χ0) is 12.4. The normalized spacial score (nSPS) is 10.2. The lowest BCUT2D eigenvalue weighted by Gasteiger charge is -2.04. The van der Waals surface area contributed by atoms with Gasteiger partial charge in [0, 0.05) is 0 Å². The highest BCUT2D eigenvalue weighted by Crippen LogP contribution is 2.15. The van der Waals surface area contributed by atoms with Gasteiger partial charge in [0.05, 0.1) is 17.6 Å². The van der Waals surface area contributed by atoms with Gasteiger partial charge in [0.1, 0.15) is 17.1 Å². The summed E-state index contributed by atoms with van der Waals surface area (Å²) in [4.78, 5) is 15.8. The number of nitrogens with zero attached hydrogens (tertiary/aromatic N) is 2. The number of carbonyl (C=O) groups is 1. The second-order valence-electron chi connectivity index (χ2n) is 3.63. The topological polar surface area (TPSA) is 94.0 Å². The highest BCUT2D eigenvalue weighted by atomic mass is 16.5. The van der Waals surface area contributed by atoms with Crippen molar-refractivity contribution < 1.29 is 9.32 Å². The molecule has 0 saturated heterocycles. The van der Waals surface area contributed by atoms with Crippen LogP contribution in [0.2, 0.25) is 0 Å². The average Bonchev–Trinajstić information content (AvgIpc) is 2.62. The van der Waals surface area contributed by atoms with Crippen LogP contribution in [0.4, 0.5) is 11.5 Å². The Morgan fingerprint density at radius 3 is 2.71 bits per heavy atom. The number of aromatic nitrogens is 2. The third-order valence-corrected chi connectivity index (χ3v) is 2.30. The van der Waals surface area contributed by atoms with Gasteiger partial charge in [0.2, 0.25) is 0 Å². The number of pyridine rings is 1. The molecular weight excluding hydrogens is 220 g/mol. The van der Waals surface area contributed by atoms with E-state index in [2.05, 4.69) is 15.5 Å². The molecule has 0 bridgehead atoms. The minimum absolute atomic E-state index is 0.271. The number of nitrogen functional groups attached to an aromatic ring is 1. The lowest BCUT2D eigenvalue weighted by Crippen LogP contribution is -2.13. The molecule has 0 saturated carbocycles. The first-order valence-corrected chi connectivity index (χ1v) is 5.03. The number of amides is 1. The summed E-state index contributed by atoms with van der Waals surface area (Å²) in [5.41, 5.74) is 7.03. The molecule has 2 aromatic rings. The number of hydrogen-bond acceptors (Lipinski definition) is 5. The second kappa shape index (κ2) is 4.25. The highest BCUT2D eigenvalue weighted by molar-refractivity contribution is 6.05. The summed E-state index contributed by atoms with van der Waals surface area (Å²) in [6.07, 6.45) is 1.49. The zero-order valence-electron chi connectivity index (χ0n) is 9.52. The average molecular weight is 232 g/mol. The SMILES string of the molecule is Cc1noc(C)c1C(=O)Nc1ccc(N)nc1. The fourth-order valence-corrected chi connectivity index (χ4v) is 1.48. The molecule has 0 aromatic carbocycles. The van der Waals surface area contributed by atoms with Crippen LogP contribution in [-0.2, 0) is 0 Å². The predicted octanol–water partition coefficient (Wildman–Crippen LogP) is 1.52. The molecule has 6 heteroatoms. The van der Waals surface area contributed by atoms with Crippen molar-refractivity contribution in [2.75, 3.05) is 11.1 Å². The van der Waals surface area contributed by atoms with E-state index < -0.39 is 0 Å². The molecule has 17 heavy (non-hydrogen) atoms. The molecule has 2 rings (SSSR count). The number of carbonyl (C=O) groups excluding carboxylic acids is 1. The van der Waals surface area contributed by atoms with Crippen LogP contribution >= 0.6 is 0 Å². The first-order chi connectivity index (χ1) is 8.08. The summed E-state index contributed by atoms with van der Waals surface area (Å²) in [6, 6.07) is 3.29. The van der Waals surface area contributed by atoms with Crippen LogP contribution < -0.4 is 11.1 Å². The van der Waals surface area contributed by atoms with Gasteiger partial charge in [-0.3, -0.25) is 4.79 Å². The van der Waals surface area contributed by atoms with E-state index in [0.29, 0.717) is 28.5 Å². The summed E-state index contributed by atoms with van der Waals surface area (Å²) in [5.74, 6) is 0.622. The number of aryl methyl sites for hydroxylation is 2. The van der Waals surface area contributed by atoms with Crippen molar-refractivity contribution in [1.29, 1.82) is 0 Å². The van der Waals surface area contributed by atoms with Crippen LogP contribution in [0.15, 0.2) is 22.9 Å². The van der Waals surface area contributed by atoms with Gasteiger partial charge in [-0.2, -0.15) is 0 Å². The van der Waals surface area contributed by atoms with Gasteiger partial charge in [-0.25, -0.2) is 4.98 Å². The lowest BCUT2D eigenvalue weighted by molar-refractivity contribution is 0.102. The molecule has 3 N–H and O–H groups in total. The minimum atomic E-state index is -0.271. The van der Waals surface area contributed by atoms with Crippen molar-refractivity contribution in [3.05, 3.63) is 35.3 Å². The van der Waals surface area contributed by atoms with Crippen LogP contribution in [0.25, 0.3) is 0 Å². The molecule has 0 fully saturated rings. The number of nitrogens with two attached hydrogens (primary N) is 1. The maximum Gasteiger partial charge on any atom is 0.261 e. The molecule has 1 amide bonds. The zero-order valence-corrected chi connectivity index (χ0v) is 9.52. The fourth-order valence-electron chi connectivity index (χ4n) is 1.48. The molecule has 0 spiro atoms. The van der Waals surface area contributed by atoms with Crippen LogP contribution in [0.5, 0.6) is 0 Å². The summed E-state index contributed by atoms with van der Waals surface area (Å²) in [7, 11) is 0. The summed E-state index contributed by atoms with van der Waals surface area (Å²) < 4.78 is 4.93. The first kappa shape index (κ1) is 11.1. The Bertz CT molecular complexity index is 526. The van der Waals surface area contributed by atoms with Gasteiger partial charge in [-0.05, 0) is 26.0 Å². The highest BCUT2D eigenvalue weighted by Gasteiger charge is 2.17. The van der Waals surface area contributed by atoms with Gasteiger partial charge in [0.25, 0.3) is 5.91 Å². The van der Waals surface area contributed by atoms with Gasteiger partial charge in [-0.1, -0.05) is 5.16 Å². The quantitative estimate of drug-likeness (QED) is 0.818. The van der Waals surface area contributed by atoms with E-state index in [-0.39, 0.29) is 5.91 Å².